The number of carbonyl (C=O) groups is 2. The van der Waals surface area contributed by atoms with Crippen LogP contribution < -0.4 is 5.32 Å². The van der Waals surface area contributed by atoms with Gasteiger partial charge in [-0.15, -0.1) is 0 Å². The zero-order valence-electron chi connectivity index (χ0n) is 54.7. The van der Waals surface area contributed by atoms with Crippen molar-refractivity contribution in [1.82, 2.24) is 5.32 Å². The van der Waals surface area contributed by atoms with Crippen LogP contribution in [-0.4, -0.2) is 99.6 Å². The average molecular weight is 1190 g/mol. The molecule has 1 aliphatic heterocycles. The molecule has 1 amide bonds. The third-order valence-electron chi connectivity index (χ3n) is 16.3. The Morgan fingerprint density at radius 3 is 1.27 bits per heavy atom. The highest BCUT2D eigenvalue weighted by atomic mass is 16.7. The van der Waals surface area contributed by atoms with Crippen LogP contribution >= 0.6 is 0 Å². The quantitative estimate of drug-likeness (QED) is 0.0195. The maximum Gasteiger partial charge on any atom is 0.306 e. The number of hydrogen-bond donors (Lipinski definition) is 6. The van der Waals surface area contributed by atoms with Crippen LogP contribution in [0.3, 0.4) is 0 Å². The summed E-state index contributed by atoms with van der Waals surface area (Å²) in [5.74, 6) is -1.24. The third-order valence-corrected chi connectivity index (χ3v) is 16.3. The van der Waals surface area contributed by atoms with E-state index in [9.17, 15) is 35.1 Å². The van der Waals surface area contributed by atoms with Crippen LogP contribution in [0.5, 0.6) is 0 Å². The standard InChI is InChI=1S/C74H131NO10/c1-4-7-10-13-16-19-22-24-26-28-30-32-33-34-36-37-39-41-43-46-49-52-55-58-61-67(78)73(82)75-65(66(77)60-57-54-51-48-45-21-18-15-12-9-6-3)64-83-74-72(71(81)70(80)68(63-76)84-74)85-69(79)62-59-56-53-50-47-44-42-40-38-35-31-29-27-25-23-20-17-14-11-8-5-2/h8,11,17,20,25,27,31,35,40,42,47,50,57,60,65-68,70-72,74,76-78,80-81H,4-7,9-10,12-16,18-19,21-24,26,28-30,32-34,36-39,41,43-46,48-49,51-56,58-59,61-64H2,1-3H3,(H,75,82)/b11-8-,20-17-,27-25-,35-31-,42-40-,50-47-,60-57+. The number of unbranched alkanes of at least 4 members (excludes halogenated alkanes) is 34. The van der Waals surface area contributed by atoms with Gasteiger partial charge in [0.15, 0.2) is 12.4 Å². The van der Waals surface area contributed by atoms with E-state index in [1.807, 2.05) is 6.08 Å². The Morgan fingerprint density at radius 1 is 0.471 bits per heavy atom. The largest absolute Gasteiger partial charge is 0.454 e. The second-order valence-corrected chi connectivity index (χ2v) is 24.2. The van der Waals surface area contributed by atoms with E-state index in [1.165, 1.54) is 173 Å². The maximum atomic E-state index is 13.5. The molecule has 8 atom stereocenters. The van der Waals surface area contributed by atoms with Crippen LogP contribution in [0.2, 0.25) is 0 Å². The molecule has 1 rings (SSSR count). The third kappa shape index (κ3) is 48.4. The minimum atomic E-state index is -1.64. The van der Waals surface area contributed by atoms with Crippen LogP contribution in [-0.2, 0) is 23.8 Å². The minimum Gasteiger partial charge on any atom is -0.454 e. The molecule has 1 saturated heterocycles. The predicted octanol–water partition coefficient (Wildman–Crippen LogP) is 18.1. The summed E-state index contributed by atoms with van der Waals surface area (Å²) in [5, 5.41) is 57.2. The van der Waals surface area contributed by atoms with E-state index in [4.69, 9.17) is 14.2 Å². The SMILES string of the molecule is CC/C=C\C/C=C\C/C=C\C/C=C\C/C=C\C/C=C\CCCCC(=O)OC1C(OCC(NC(=O)C(O)CCCCCCCCCCCCCCCCCCCCCCCCCC)C(O)/C=C/CCCCCCCCCCC)OC(CO)C(O)C1O. The van der Waals surface area contributed by atoms with Gasteiger partial charge in [0.25, 0.3) is 0 Å². The fourth-order valence-electron chi connectivity index (χ4n) is 10.8. The Bertz CT molecular complexity index is 1710. The van der Waals surface area contributed by atoms with Gasteiger partial charge in [0.1, 0.15) is 24.4 Å². The maximum absolute atomic E-state index is 13.5. The number of rotatable bonds is 60. The Labute approximate surface area is 521 Å². The number of allylic oxidation sites excluding steroid dienone is 13. The van der Waals surface area contributed by atoms with E-state index in [0.29, 0.717) is 12.8 Å². The van der Waals surface area contributed by atoms with Crippen molar-refractivity contribution in [2.24, 2.45) is 0 Å². The average Bonchev–Trinajstić information content (AvgIpc) is 2.91. The van der Waals surface area contributed by atoms with Gasteiger partial charge in [-0.25, -0.2) is 0 Å². The number of nitrogens with one attached hydrogen (secondary N) is 1. The van der Waals surface area contributed by atoms with Gasteiger partial charge in [-0.05, 0) is 77.0 Å². The number of aliphatic hydroxyl groups excluding tert-OH is 5. The fraction of sp³-hybridized carbons (Fsp3) is 0.784. The first-order valence-corrected chi connectivity index (χ1v) is 35.4. The molecule has 1 heterocycles. The molecule has 11 heteroatoms. The summed E-state index contributed by atoms with van der Waals surface area (Å²) in [5.41, 5.74) is 0. The van der Waals surface area contributed by atoms with Crippen molar-refractivity contribution in [3.63, 3.8) is 0 Å². The summed E-state index contributed by atoms with van der Waals surface area (Å²) in [4.78, 5) is 26.6. The van der Waals surface area contributed by atoms with Crippen LogP contribution in [0.15, 0.2) is 85.1 Å². The summed E-state index contributed by atoms with van der Waals surface area (Å²) in [6.45, 7) is 5.68. The smallest absolute Gasteiger partial charge is 0.306 e. The first-order chi connectivity index (χ1) is 41.7. The molecule has 85 heavy (non-hydrogen) atoms. The molecule has 0 bridgehead atoms. The van der Waals surface area contributed by atoms with Crippen molar-refractivity contribution in [2.75, 3.05) is 13.2 Å². The molecule has 0 radical (unpaired) electrons. The molecule has 0 saturated carbocycles. The Kier molecular flexibility index (Phi) is 57.4. The molecule has 492 valence electrons. The van der Waals surface area contributed by atoms with Gasteiger partial charge in [0, 0.05) is 6.42 Å². The van der Waals surface area contributed by atoms with E-state index in [-0.39, 0.29) is 19.4 Å². The van der Waals surface area contributed by atoms with E-state index in [2.05, 4.69) is 99.0 Å². The van der Waals surface area contributed by atoms with Gasteiger partial charge in [0.05, 0.1) is 25.4 Å². The molecule has 6 N–H and O–H groups in total. The normalized spacial score (nSPS) is 18.9. The lowest BCUT2D eigenvalue weighted by Gasteiger charge is -2.41. The number of aliphatic hydroxyl groups is 5. The van der Waals surface area contributed by atoms with Gasteiger partial charge in [0.2, 0.25) is 5.91 Å². The molecule has 0 aromatic carbocycles. The number of esters is 1. The first-order valence-electron chi connectivity index (χ1n) is 35.4. The van der Waals surface area contributed by atoms with Gasteiger partial charge in [-0.3, -0.25) is 9.59 Å². The highest BCUT2D eigenvalue weighted by molar-refractivity contribution is 5.80. The predicted molar refractivity (Wildman–Crippen MR) is 356 cm³/mol. The van der Waals surface area contributed by atoms with E-state index >= 15 is 0 Å². The summed E-state index contributed by atoms with van der Waals surface area (Å²) < 4.78 is 17.6. The molecule has 0 spiro atoms. The second-order valence-electron chi connectivity index (χ2n) is 24.2. The lowest BCUT2D eigenvalue weighted by Crippen LogP contribution is -2.61. The minimum absolute atomic E-state index is 0.0662. The number of ether oxygens (including phenoxy) is 3. The van der Waals surface area contributed by atoms with E-state index in [0.717, 1.165) is 89.9 Å². The van der Waals surface area contributed by atoms with Crippen molar-refractivity contribution >= 4 is 11.9 Å². The highest BCUT2D eigenvalue weighted by Crippen LogP contribution is 2.26. The zero-order valence-corrected chi connectivity index (χ0v) is 54.7. The van der Waals surface area contributed by atoms with Crippen molar-refractivity contribution in [2.45, 2.75) is 359 Å². The molecule has 0 aromatic heterocycles. The van der Waals surface area contributed by atoms with Crippen LogP contribution in [0.4, 0.5) is 0 Å². The molecule has 1 fully saturated rings. The second kappa shape index (κ2) is 61.1. The van der Waals surface area contributed by atoms with E-state index < -0.39 is 67.4 Å². The van der Waals surface area contributed by atoms with Crippen LogP contribution in [0.1, 0.15) is 310 Å². The Hall–Kier alpha value is -3.16. The Balaban J connectivity index is 2.58. The first kappa shape index (κ1) is 79.9. The van der Waals surface area contributed by atoms with Crippen molar-refractivity contribution in [3.05, 3.63) is 85.1 Å². The summed E-state index contributed by atoms with van der Waals surface area (Å²) >= 11 is 0. The molecular formula is C74H131NO10. The zero-order chi connectivity index (χ0) is 61.7. The van der Waals surface area contributed by atoms with Crippen LogP contribution in [0.25, 0.3) is 0 Å². The monoisotopic (exact) mass is 1190 g/mol. The van der Waals surface area contributed by atoms with Crippen molar-refractivity contribution in [3.8, 4) is 0 Å². The lowest BCUT2D eigenvalue weighted by atomic mass is 9.99. The molecule has 1 aliphatic rings. The topological polar surface area (TPSA) is 175 Å². The highest BCUT2D eigenvalue weighted by Gasteiger charge is 2.47. The van der Waals surface area contributed by atoms with Crippen molar-refractivity contribution in [1.29, 1.82) is 0 Å². The van der Waals surface area contributed by atoms with Gasteiger partial charge >= 0.3 is 5.97 Å². The van der Waals surface area contributed by atoms with E-state index in [1.54, 1.807) is 6.08 Å². The molecule has 0 aromatic rings. The summed E-state index contributed by atoms with van der Waals surface area (Å²) in [6.07, 6.45) is 70.7. The number of carbonyl (C=O) groups excluding carboxylic acids is 2. The molecule has 0 aliphatic carbocycles. The Morgan fingerprint density at radius 2 is 0.847 bits per heavy atom. The van der Waals surface area contributed by atoms with Gasteiger partial charge in [-0.1, -0.05) is 311 Å². The number of hydrogen-bond acceptors (Lipinski definition) is 10. The van der Waals surface area contributed by atoms with Crippen LogP contribution in [0, 0.1) is 0 Å². The van der Waals surface area contributed by atoms with Gasteiger partial charge < -0.3 is 45.1 Å². The summed E-state index contributed by atoms with van der Waals surface area (Å²) in [7, 11) is 0. The molecular weight excluding hydrogens is 1060 g/mol. The molecule has 8 unspecified atom stereocenters. The lowest BCUT2D eigenvalue weighted by molar-refractivity contribution is -0.305. The number of amides is 1. The summed E-state index contributed by atoms with van der Waals surface area (Å²) in [6, 6.07) is -1.04. The van der Waals surface area contributed by atoms with Gasteiger partial charge in [-0.2, -0.15) is 0 Å². The van der Waals surface area contributed by atoms with Crippen molar-refractivity contribution < 1.29 is 49.3 Å². The molecule has 11 nitrogen and oxygen atoms in total. The fourth-order valence-corrected chi connectivity index (χ4v) is 10.8.